The lowest BCUT2D eigenvalue weighted by Crippen LogP contribution is -2.45. The largest absolute Gasteiger partial charge is 0.756 e. The fraction of sp³-hybridized carbons (Fsp3) is 0.884. The van der Waals surface area contributed by atoms with E-state index in [1.54, 1.807) is 6.08 Å². The molecule has 0 aliphatic carbocycles. The molecule has 0 aromatic carbocycles. The van der Waals surface area contributed by atoms with E-state index in [1.165, 1.54) is 167 Å². The van der Waals surface area contributed by atoms with Crippen LogP contribution in [-0.2, 0) is 18.4 Å². The molecule has 8 nitrogen and oxygen atoms in total. The quantitative estimate of drug-likeness (QED) is 0.0280. The molecule has 52 heavy (non-hydrogen) atoms. The number of amides is 1. The van der Waals surface area contributed by atoms with Crippen molar-refractivity contribution in [3.05, 3.63) is 24.3 Å². The number of aliphatic hydroxyl groups is 1. The summed E-state index contributed by atoms with van der Waals surface area (Å²) in [6, 6.07) is -0.901. The highest BCUT2D eigenvalue weighted by molar-refractivity contribution is 7.45. The fourth-order valence-electron chi connectivity index (χ4n) is 6.32. The van der Waals surface area contributed by atoms with Crippen molar-refractivity contribution >= 4 is 13.7 Å². The SMILES string of the molecule is CCCCCCCCCCCCCCCCCCCCCCCCCCC/C=C/CC/C=C/C(O)C(COP(=O)([O-])OCC[N+](C)(C)C)NC(C)=O. The van der Waals surface area contributed by atoms with Crippen LogP contribution < -0.4 is 10.2 Å². The van der Waals surface area contributed by atoms with Gasteiger partial charge in [0.25, 0.3) is 7.82 Å². The van der Waals surface area contributed by atoms with Crippen LogP contribution >= 0.6 is 7.82 Å². The number of quaternary nitrogens is 1. The van der Waals surface area contributed by atoms with Gasteiger partial charge in [0.15, 0.2) is 0 Å². The molecule has 0 aliphatic heterocycles. The van der Waals surface area contributed by atoms with Gasteiger partial charge < -0.3 is 28.8 Å². The zero-order chi connectivity index (χ0) is 38.6. The molecule has 1 amide bonds. The lowest BCUT2D eigenvalue weighted by atomic mass is 10.0. The van der Waals surface area contributed by atoms with Gasteiger partial charge in [0.05, 0.1) is 39.9 Å². The van der Waals surface area contributed by atoms with Crippen LogP contribution in [0, 0.1) is 0 Å². The van der Waals surface area contributed by atoms with Gasteiger partial charge in [-0.1, -0.05) is 185 Å². The molecule has 308 valence electrons. The van der Waals surface area contributed by atoms with Crippen LogP contribution in [0.3, 0.4) is 0 Å². The van der Waals surface area contributed by atoms with Crippen LogP contribution in [0.15, 0.2) is 24.3 Å². The summed E-state index contributed by atoms with van der Waals surface area (Å²) in [5.74, 6) is -0.383. The van der Waals surface area contributed by atoms with Crippen molar-refractivity contribution in [2.75, 3.05) is 40.9 Å². The average molecular weight is 757 g/mol. The standard InChI is InChI=1S/C43H85N2O6P/c1-6-7-8-9-10-11-12-13-14-15-16-17-18-19-20-21-22-23-24-25-26-27-28-29-30-31-32-33-34-35-36-37-43(47)42(44-41(2)46)40-51-52(48,49)50-39-38-45(3,4)5/h32-33,36-37,42-43,47H,6-31,34-35,38-40H2,1-5H3,(H-,44,46,48,49)/b33-32+,37-36+. The number of allylic oxidation sites excluding steroid dienone is 3. The summed E-state index contributed by atoms with van der Waals surface area (Å²) in [6.07, 6.45) is 44.8. The molecule has 3 atom stereocenters. The first kappa shape index (κ1) is 51.0. The molecule has 0 aromatic rings. The Bertz CT molecular complexity index is 907. The lowest BCUT2D eigenvalue weighted by molar-refractivity contribution is -0.870. The number of hydrogen-bond acceptors (Lipinski definition) is 6. The zero-order valence-electron chi connectivity index (χ0n) is 34.8. The molecule has 3 unspecified atom stereocenters. The van der Waals surface area contributed by atoms with E-state index < -0.39 is 26.6 Å². The van der Waals surface area contributed by atoms with E-state index in [9.17, 15) is 19.4 Å². The second kappa shape index (κ2) is 35.7. The fourth-order valence-corrected chi connectivity index (χ4v) is 7.04. The van der Waals surface area contributed by atoms with E-state index in [4.69, 9.17) is 9.05 Å². The van der Waals surface area contributed by atoms with Gasteiger partial charge in [-0.05, 0) is 25.7 Å². The number of carbonyl (C=O) groups excluding carboxylic acids is 1. The summed E-state index contributed by atoms with van der Waals surface area (Å²) in [7, 11) is 1.23. The third-order valence-electron chi connectivity index (χ3n) is 9.70. The van der Waals surface area contributed by atoms with Gasteiger partial charge in [0, 0.05) is 6.92 Å². The Hall–Kier alpha value is -1.02. The Morgan fingerprint density at radius 2 is 1.04 bits per heavy atom. The van der Waals surface area contributed by atoms with E-state index in [2.05, 4.69) is 24.4 Å². The highest BCUT2D eigenvalue weighted by Gasteiger charge is 2.22. The number of hydrogen-bond donors (Lipinski definition) is 2. The summed E-state index contributed by atoms with van der Waals surface area (Å²) < 4.78 is 22.5. The monoisotopic (exact) mass is 757 g/mol. The third kappa shape index (κ3) is 38.7. The molecule has 0 radical (unpaired) electrons. The molecular weight excluding hydrogens is 671 g/mol. The van der Waals surface area contributed by atoms with E-state index >= 15 is 0 Å². The van der Waals surface area contributed by atoms with Gasteiger partial charge in [-0.15, -0.1) is 0 Å². The predicted octanol–water partition coefficient (Wildman–Crippen LogP) is 11.1. The zero-order valence-corrected chi connectivity index (χ0v) is 35.7. The number of carbonyl (C=O) groups is 1. The van der Waals surface area contributed by atoms with Crippen LogP contribution in [0.1, 0.15) is 194 Å². The molecule has 0 aliphatic rings. The number of aliphatic hydroxyl groups excluding tert-OH is 1. The number of rotatable bonds is 39. The van der Waals surface area contributed by atoms with Crippen molar-refractivity contribution in [2.45, 2.75) is 206 Å². The summed E-state index contributed by atoms with van der Waals surface area (Å²) in [5, 5.41) is 13.1. The van der Waals surface area contributed by atoms with Crippen LogP contribution in [0.25, 0.3) is 0 Å². The maximum atomic E-state index is 12.1. The van der Waals surface area contributed by atoms with Crippen LogP contribution in [0.2, 0.25) is 0 Å². The molecule has 0 saturated heterocycles. The Balaban J connectivity index is 3.64. The predicted molar refractivity (Wildman–Crippen MR) is 219 cm³/mol. The molecule has 9 heteroatoms. The normalized spacial score (nSPS) is 14.7. The number of phosphoric acid groups is 1. The second-order valence-electron chi connectivity index (χ2n) is 16.1. The van der Waals surface area contributed by atoms with Gasteiger partial charge in [-0.2, -0.15) is 0 Å². The molecule has 0 heterocycles. The first-order chi connectivity index (χ1) is 25.0. The molecule has 0 aromatic heterocycles. The molecule has 2 N–H and O–H groups in total. The maximum absolute atomic E-state index is 12.1. The summed E-state index contributed by atoms with van der Waals surface area (Å²) in [5.41, 5.74) is 0. The van der Waals surface area contributed by atoms with E-state index in [1.807, 2.05) is 27.2 Å². The number of likely N-dealkylation sites (N-methyl/N-ethyl adjacent to an activating group) is 1. The minimum Gasteiger partial charge on any atom is -0.756 e. The Morgan fingerprint density at radius 1 is 0.654 bits per heavy atom. The molecule has 0 bridgehead atoms. The molecule has 0 saturated carbocycles. The minimum absolute atomic E-state index is 0.00919. The van der Waals surface area contributed by atoms with Gasteiger partial charge in [-0.25, -0.2) is 0 Å². The highest BCUT2D eigenvalue weighted by Crippen LogP contribution is 2.38. The van der Waals surface area contributed by atoms with E-state index in [0.29, 0.717) is 11.0 Å². The summed E-state index contributed by atoms with van der Waals surface area (Å²) in [6.45, 7) is 3.68. The first-order valence-electron chi connectivity index (χ1n) is 21.6. The lowest BCUT2D eigenvalue weighted by Gasteiger charge is -2.29. The van der Waals surface area contributed by atoms with Crippen molar-refractivity contribution in [1.82, 2.24) is 5.32 Å². The van der Waals surface area contributed by atoms with Gasteiger partial charge in [0.2, 0.25) is 5.91 Å². The average Bonchev–Trinajstić information content (AvgIpc) is 3.08. The van der Waals surface area contributed by atoms with Crippen molar-refractivity contribution in [3.63, 3.8) is 0 Å². The number of nitrogens with one attached hydrogen (secondary N) is 1. The minimum atomic E-state index is -4.55. The van der Waals surface area contributed by atoms with Crippen molar-refractivity contribution < 1.29 is 32.9 Å². The van der Waals surface area contributed by atoms with Crippen molar-refractivity contribution in [2.24, 2.45) is 0 Å². The number of unbranched alkanes of at least 4 members (excludes halogenated alkanes) is 26. The summed E-state index contributed by atoms with van der Waals surface area (Å²) in [4.78, 5) is 23.7. The van der Waals surface area contributed by atoms with E-state index in [0.717, 1.165) is 19.3 Å². The third-order valence-corrected chi connectivity index (χ3v) is 10.7. The van der Waals surface area contributed by atoms with Crippen LogP contribution in [0.5, 0.6) is 0 Å². The van der Waals surface area contributed by atoms with Crippen LogP contribution in [-0.4, -0.2) is 68.5 Å². The molecular formula is C43H85N2O6P. The number of phosphoric ester groups is 1. The van der Waals surface area contributed by atoms with Gasteiger partial charge in [0.1, 0.15) is 13.2 Å². The van der Waals surface area contributed by atoms with Crippen molar-refractivity contribution in [3.8, 4) is 0 Å². The van der Waals surface area contributed by atoms with Gasteiger partial charge in [-0.3, -0.25) is 9.36 Å². The maximum Gasteiger partial charge on any atom is 0.268 e. The number of nitrogens with zero attached hydrogens (tertiary/aromatic N) is 1. The van der Waals surface area contributed by atoms with Crippen LogP contribution in [0.4, 0.5) is 0 Å². The molecule has 0 rings (SSSR count). The first-order valence-corrected chi connectivity index (χ1v) is 23.1. The van der Waals surface area contributed by atoms with Gasteiger partial charge >= 0.3 is 0 Å². The summed E-state index contributed by atoms with van der Waals surface area (Å²) >= 11 is 0. The van der Waals surface area contributed by atoms with Crippen molar-refractivity contribution in [1.29, 1.82) is 0 Å². The molecule has 0 spiro atoms. The highest BCUT2D eigenvalue weighted by atomic mass is 31.2. The topological polar surface area (TPSA) is 108 Å². The Morgan fingerprint density at radius 3 is 1.44 bits per heavy atom. The Labute approximate surface area is 322 Å². The smallest absolute Gasteiger partial charge is 0.268 e. The Kier molecular flexibility index (Phi) is 35.0. The molecule has 0 fully saturated rings. The second-order valence-corrected chi connectivity index (χ2v) is 17.5. The van der Waals surface area contributed by atoms with E-state index in [-0.39, 0.29) is 12.5 Å².